The third-order valence-corrected chi connectivity index (χ3v) is 7.09. The number of carboxylic acid groups (broad SMARTS) is 1. The van der Waals surface area contributed by atoms with E-state index in [1.54, 1.807) is 41.8 Å². The Bertz CT molecular complexity index is 1490. The number of pyridine rings is 1. The van der Waals surface area contributed by atoms with E-state index in [4.69, 9.17) is 5.21 Å². The first kappa shape index (κ1) is 25.4. The number of aromatic carboxylic acids is 1. The number of rotatable bonds is 7. The number of hydrogen-bond donors (Lipinski definition) is 3. The van der Waals surface area contributed by atoms with E-state index in [0.717, 1.165) is 24.5 Å². The fourth-order valence-electron chi connectivity index (χ4n) is 4.81. The van der Waals surface area contributed by atoms with Crippen molar-refractivity contribution in [1.29, 1.82) is 0 Å². The van der Waals surface area contributed by atoms with Gasteiger partial charge in [-0.15, -0.1) is 0 Å². The molecule has 3 aromatic rings. The number of piperazine rings is 1. The average Bonchev–Trinajstić information content (AvgIpc) is 3.75. The number of nitrogens with zero attached hydrogens (tertiary/aromatic N) is 4. The van der Waals surface area contributed by atoms with E-state index in [2.05, 4.69) is 10.5 Å². The molecule has 1 aliphatic carbocycles. The summed E-state index contributed by atoms with van der Waals surface area (Å²) in [7, 11) is 0. The molecule has 0 bridgehead atoms. The molecule has 1 saturated heterocycles. The maximum atomic E-state index is 15.2. The van der Waals surface area contributed by atoms with Gasteiger partial charge in [0.2, 0.25) is 11.3 Å². The summed E-state index contributed by atoms with van der Waals surface area (Å²) in [5.41, 5.74) is 1.72. The number of anilines is 2. The highest BCUT2D eigenvalue weighted by atomic mass is 19.1. The Labute approximate surface area is 217 Å². The van der Waals surface area contributed by atoms with Gasteiger partial charge in [-0.25, -0.2) is 9.18 Å². The Morgan fingerprint density at radius 2 is 1.79 bits per heavy atom. The Morgan fingerprint density at radius 1 is 1.11 bits per heavy atom. The molecule has 10 nitrogen and oxygen atoms in total. The number of aromatic nitrogens is 1. The number of nitrogens with one attached hydrogen (secondary N) is 1. The molecule has 0 unspecified atom stereocenters. The monoisotopic (exact) mass is 521 g/mol. The molecule has 2 fully saturated rings. The summed E-state index contributed by atoms with van der Waals surface area (Å²) in [5, 5.41) is 24.4. The first-order valence-electron chi connectivity index (χ1n) is 12.4. The number of amides is 1. The van der Waals surface area contributed by atoms with E-state index in [1.807, 2.05) is 9.80 Å². The van der Waals surface area contributed by atoms with Crippen molar-refractivity contribution in [2.24, 2.45) is 5.16 Å². The van der Waals surface area contributed by atoms with Crippen molar-refractivity contribution in [3.63, 3.8) is 0 Å². The summed E-state index contributed by atoms with van der Waals surface area (Å²) in [6, 6.07) is 9.89. The second-order valence-corrected chi connectivity index (χ2v) is 9.71. The molecule has 1 aliphatic heterocycles. The fraction of sp³-hybridized carbons (Fsp3) is 0.333. The van der Waals surface area contributed by atoms with Crippen LogP contribution in [0.15, 0.2) is 52.5 Å². The second-order valence-electron chi connectivity index (χ2n) is 9.71. The summed E-state index contributed by atoms with van der Waals surface area (Å²) < 4.78 is 17.0. The van der Waals surface area contributed by atoms with E-state index in [0.29, 0.717) is 48.8 Å². The van der Waals surface area contributed by atoms with E-state index < -0.39 is 17.2 Å². The third kappa shape index (κ3) is 5.10. The molecule has 38 heavy (non-hydrogen) atoms. The van der Waals surface area contributed by atoms with E-state index in [9.17, 15) is 19.5 Å². The zero-order valence-corrected chi connectivity index (χ0v) is 20.9. The smallest absolute Gasteiger partial charge is 0.341 e. The molecule has 1 saturated carbocycles. The van der Waals surface area contributed by atoms with Gasteiger partial charge < -0.3 is 25.1 Å². The molecular formula is C27H28FN5O5. The van der Waals surface area contributed by atoms with Crippen LogP contribution < -0.4 is 15.6 Å². The lowest BCUT2D eigenvalue weighted by molar-refractivity contribution is -0.117. The predicted molar refractivity (Wildman–Crippen MR) is 141 cm³/mol. The van der Waals surface area contributed by atoms with Crippen LogP contribution in [-0.2, 0) is 4.79 Å². The van der Waals surface area contributed by atoms with Crippen LogP contribution in [0.1, 0.15) is 41.7 Å². The number of fused-ring (bicyclic) bond motifs is 1. The van der Waals surface area contributed by atoms with Gasteiger partial charge in [-0.05, 0) is 49.6 Å². The van der Waals surface area contributed by atoms with Gasteiger partial charge in [0.25, 0.3) is 0 Å². The van der Waals surface area contributed by atoms with Crippen molar-refractivity contribution < 1.29 is 24.3 Å². The first-order valence-corrected chi connectivity index (χ1v) is 12.4. The van der Waals surface area contributed by atoms with Gasteiger partial charge in [0, 0.05) is 49.5 Å². The lowest BCUT2D eigenvalue weighted by Gasteiger charge is -2.36. The highest BCUT2D eigenvalue weighted by Crippen LogP contribution is 2.38. The molecule has 198 valence electrons. The molecule has 2 heterocycles. The molecule has 5 rings (SSSR count). The lowest BCUT2D eigenvalue weighted by atomic mass is 10.1. The lowest BCUT2D eigenvalue weighted by Crippen LogP contribution is -2.49. The van der Waals surface area contributed by atoms with E-state index in [1.165, 1.54) is 6.20 Å². The first-order chi connectivity index (χ1) is 18.2. The molecule has 2 aliphatic rings. The van der Waals surface area contributed by atoms with Crippen molar-refractivity contribution in [1.82, 2.24) is 9.47 Å². The fourth-order valence-corrected chi connectivity index (χ4v) is 4.81. The van der Waals surface area contributed by atoms with Crippen molar-refractivity contribution in [3.05, 3.63) is 69.8 Å². The Morgan fingerprint density at radius 3 is 2.39 bits per heavy atom. The van der Waals surface area contributed by atoms with Crippen LogP contribution in [0, 0.1) is 5.82 Å². The van der Waals surface area contributed by atoms with Gasteiger partial charge in [-0.3, -0.25) is 14.5 Å². The number of halogens is 1. The summed E-state index contributed by atoms with van der Waals surface area (Å²) in [6.45, 7) is 3.94. The van der Waals surface area contributed by atoms with Crippen LogP contribution in [0.3, 0.4) is 0 Å². The highest BCUT2D eigenvalue weighted by molar-refractivity contribution is 5.99. The number of hydrogen-bond acceptors (Lipinski definition) is 7. The zero-order chi connectivity index (χ0) is 27.0. The summed E-state index contributed by atoms with van der Waals surface area (Å²) in [5.74, 6) is -2.06. The Hall–Kier alpha value is -4.25. The number of carboxylic acids is 1. The summed E-state index contributed by atoms with van der Waals surface area (Å²) >= 11 is 0. The highest BCUT2D eigenvalue weighted by Gasteiger charge is 2.28. The van der Waals surface area contributed by atoms with Gasteiger partial charge >= 0.3 is 5.97 Å². The van der Waals surface area contributed by atoms with Crippen LogP contribution in [0.25, 0.3) is 10.9 Å². The average molecular weight is 522 g/mol. The van der Waals surface area contributed by atoms with Gasteiger partial charge in [0.15, 0.2) is 0 Å². The standard InChI is InChI=1S/C27H28FN5O5/c1-16(30-38)17-2-4-18(5-3-17)29-25(34)15-31-8-10-32(11-9-31)24-13-23-20(12-22(24)28)26(35)21(27(36)37)14-33(23)19-6-7-19/h2-5,12-14,19,38H,6-11,15H2,1H3,(H,29,34)(H,36,37)/b30-16+. The Balaban J connectivity index is 1.26. The quantitative estimate of drug-likeness (QED) is 0.248. The third-order valence-electron chi connectivity index (χ3n) is 7.09. The zero-order valence-electron chi connectivity index (χ0n) is 20.9. The molecule has 3 N–H and O–H groups in total. The Kier molecular flexibility index (Phi) is 6.85. The van der Waals surface area contributed by atoms with Gasteiger partial charge in [-0.1, -0.05) is 17.3 Å². The minimum Gasteiger partial charge on any atom is -0.477 e. The van der Waals surface area contributed by atoms with Crippen LogP contribution >= 0.6 is 0 Å². The molecule has 0 radical (unpaired) electrons. The van der Waals surface area contributed by atoms with Crippen molar-refractivity contribution in [3.8, 4) is 0 Å². The topological polar surface area (TPSA) is 127 Å². The molecule has 2 aromatic carbocycles. The molecule has 0 atom stereocenters. The van der Waals surface area contributed by atoms with Gasteiger partial charge in [0.1, 0.15) is 11.4 Å². The van der Waals surface area contributed by atoms with Crippen LogP contribution in [0.4, 0.5) is 15.8 Å². The SMILES string of the molecule is C/C(=N\O)c1ccc(NC(=O)CN2CCN(c3cc4c(cc3F)c(=O)c(C(=O)O)cn4C3CC3)CC2)cc1. The number of carbonyl (C=O) groups excluding carboxylic acids is 1. The van der Waals surface area contributed by atoms with Crippen molar-refractivity contribution in [2.75, 3.05) is 42.9 Å². The maximum Gasteiger partial charge on any atom is 0.341 e. The molecule has 11 heteroatoms. The normalized spacial score (nSPS) is 16.6. The number of oxime groups is 1. The number of carbonyl (C=O) groups is 2. The molecule has 1 aromatic heterocycles. The van der Waals surface area contributed by atoms with E-state index >= 15 is 4.39 Å². The molecular weight excluding hydrogens is 493 g/mol. The largest absolute Gasteiger partial charge is 0.477 e. The van der Waals surface area contributed by atoms with Crippen LogP contribution in [0.5, 0.6) is 0 Å². The van der Waals surface area contributed by atoms with Crippen molar-refractivity contribution in [2.45, 2.75) is 25.8 Å². The maximum absolute atomic E-state index is 15.2. The molecule has 0 spiro atoms. The van der Waals surface area contributed by atoms with Crippen LogP contribution in [-0.4, -0.2) is 70.1 Å². The predicted octanol–water partition coefficient (Wildman–Crippen LogP) is 3.13. The van der Waals surface area contributed by atoms with Crippen LogP contribution in [0.2, 0.25) is 0 Å². The minimum absolute atomic E-state index is 0.0696. The minimum atomic E-state index is -1.32. The second kappa shape index (κ2) is 10.3. The van der Waals surface area contributed by atoms with E-state index in [-0.39, 0.29) is 29.4 Å². The molecule has 1 amide bonds. The summed E-state index contributed by atoms with van der Waals surface area (Å²) in [4.78, 5) is 40.7. The van der Waals surface area contributed by atoms with Gasteiger partial charge in [0.05, 0.1) is 23.5 Å². The van der Waals surface area contributed by atoms with Crippen molar-refractivity contribution >= 4 is 39.9 Å². The number of benzene rings is 2. The summed E-state index contributed by atoms with van der Waals surface area (Å²) in [6.07, 6.45) is 3.13. The van der Waals surface area contributed by atoms with Gasteiger partial charge in [-0.2, -0.15) is 0 Å².